The van der Waals surface area contributed by atoms with Gasteiger partial charge in [0.25, 0.3) is 0 Å². The highest BCUT2D eigenvalue weighted by molar-refractivity contribution is 7.92. The number of nitrogen functional groups attached to an aromatic ring is 1. The number of anilines is 1. The SMILES string of the molecule is CCS(=O)(=O)[C@@H](C)/C(=N\O)c1cccc(N)c1. The smallest absolute Gasteiger partial charge is 0.158 e. The summed E-state index contributed by atoms with van der Waals surface area (Å²) in [5, 5.41) is 11.2. The van der Waals surface area contributed by atoms with Crippen LogP contribution in [0, 0.1) is 0 Å². The van der Waals surface area contributed by atoms with Gasteiger partial charge in [-0.25, -0.2) is 8.42 Å². The van der Waals surface area contributed by atoms with Crippen molar-refractivity contribution < 1.29 is 13.6 Å². The summed E-state index contributed by atoms with van der Waals surface area (Å²) in [6.07, 6.45) is 0. The van der Waals surface area contributed by atoms with Gasteiger partial charge in [-0.05, 0) is 19.1 Å². The molecule has 0 bridgehead atoms. The number of nitrogens with two attached hydrogens (primary N) is 1. The molecule has 94 valence electrons. The van der Waals surface area contributed by atoms with Gasteiger partial charge in [-0.15, -0.1) is 0 Å². The second kappa shape index (κ2) is 5.18. The van der Waals surface area contributed by atoms with Crippen molar-refractivity contribution in [3.63, 3.8) is 0 Å². The van der Waals surface area contributed by atoms with Crippen LogP contribution in [0.1, 0.15) is 19.4 Å². The van der Waals surface area contributed by atoms with Gasteiger partial charge in [0.15, 0.2) is 9.84 Å². The average Bonchev–Trinajstić information content (AvgIpc) is 2.30. The molecule has 0 aromatic heterocycles. The van der Waals surface area contributed by atoms with Gasteiger partial charge < -0.3 is 10.9 Å². The molecule has 17 heavy (non-hydrogen) atoms. The van der Waals surface area contributed by atoms with Crippen LogP contribution in [-0.4, -0.2) is 30.3 Å². The summed E-state index contributed by atoms with van der Waals surface area (Å²) >= 11 is 0. The van der Waals surface area contributed by atoms with Crippen molar-refractivity contribution in [2.75, 3.05) is 11.5 Å². The van der Waals surface area contributed by atoms with Crippen LogP contribution in [0.5, 0.6) is 0 Å². The van der Waals surface area contributed by atoms with E-state index in [2.05, 4.69) is 5.16 Å². The van der Waals surface area contributed by atoms with Gasteiger partial charge in [0.1, 0.15) is 11.0 Å². The summed E-state index contributed by atoms with van der Waals surface area (Å²) in [5.41, 5.74) is 6.72. The summed E-state index contributed by atoms with van der Waals surface area (Å²) < 4.78 is 23.5. The third-order valence-corrected chi connectivity index (χ3v) is 4.72. The Bertz CT molecular complexity index is 523. The first kappa shape index (κ1) is 13.5. The maximum Gasteiger partial charge on any atom is 0.158 e. The standard InChI is InChI=1S/C11H16N2O3S/c1-3-17(15,16)8(2)11(13-14)9-5-4-6-10(12)7-9/h4-8,14H,3,12H2,1-2H3/b13-11+/t8-/m0/s1. The molecule has 1 atom stereocenters. The number of rotatable bonds is 4. The Morgan fingerprint density at radius 2 is 2.18 bits per heavy atom. The molecule has 0 saturated heterocycles. The highest BCUT2D eigenvalue weighted by Crippen LogP contribution is 2.14. The number of nitrogens with zero attached hydrogens (tertiary/aromatic N) is 1. The summed E-state index contributed by atoms with van der Waals surface area (Å²) in [7, 11) is -3.30. The van der Waals surface area contributed by atoms with Crippen molar-refractivity contribution in [3.05, 3.63) is 29.8 Å². The van der Waals surface area contributed by atoms with Crippen LogP contribution < -0.4 is 5.73 Å². The summed E-state index contributed by atoms with van der Waals surface area (Å²) in [4.78, 5) is 0. The van der Waals surface area contributed by atoms with Gasteiger partial charge in [0.2, 0.25) is 0 Å². The van der Waals surface area contributed by atoms with Crippen molar-refractivity contribution in [2.24, 2.45) is 5.16 Å². The van der Waals surface area contributed by atoms with Gasteiger partial charge in [-0.3, -0.25) is 0 Å². The molecule has 0 aliphatic heterocycles. The normalized spacial score (nSPS) is 14.6. The van der Waals surface area contributed by atoms with Crippen molar-refractivity contribution in [3.8, 4) is 0 Å². The zero-order valence-electron chi connectivity index (χ0n) is 9.79. The highest BCUT2D eigenvalue weighted by atomic mass is 32.2. The van der Waals surface area contributed by atoms with Crippen LogP contribution in [0.2, 0.25) is 0 Å². The molecule has 0 fully saturated rings. The third kappa shape index (κ3) is 2.97. The fourth-order valence-electron chi connectivity index (χ4n) is 1.49. The number of sulfone groups is 1. The van der Waals surface area contributed by atoms with E-state index < -0.39 is 15.1 Å². The molecular formula is C11H16N2O3S. The molecule has 0 spiro atoms. The summed E-state index contributed by atoms with van der Waals surface area (Å²) in [6.45, 7) is 3.05. The molecular weight excluding hydrogens is 240 g/mol. The monoisotopic (exact) mass is 256 g/mol. The van der Waals surface area contributed by atoms with Gasteiger partial charge in [-0.1, -0.05) is 24.2 Å². The Balaban J connectivity index is 3.19. The first-order valence-electron chi connectivity index (χ1n) is 5.21. The van der Waals surface area contributed by atoms with Crippen LogP contribution >= 0.6 is 0 Å². The minimum atomic E-state index is -3.30. The van der Waals surface area contributed by atoms with E-state index in [0.29, 0.717) is 11.3 Å². The molecule has 0 heterocycles. The zero-order valence-corrected chi connectivity index (χ0v) is 10.6. The molecule has 5 nitrogen and oxygen atoms in total. The first-order valence-corrected chi connectivity index (χ1v) is 6.93. The van der Waals surface area contributed by atoms with E-state index in [-0.39, 0.29) is 11.5 Å². The van der Waals surface area contributed by atoms with Crippen LogP contribution in [0.15, 0.2) is 29.4 Å². The van der Waals surface area contributed by atoms with Gasteiger partial charge in [0.05, 0.1) is 0 Å². The van der Waals surface area contributed by atoms with Gasteiger partial charge >= 0.3 is 0 Å². The van der Waals surface area contributed by atoms with E-state index in [4.69, 9.17) is 10.9 Å². The van der Waals surface area contributed by atoms with E-state index in [9.17, 15) is 8.42 Å². The van der Waals surface area contributed by atoms with Crippen molar-refractivity contribution in [1.29, 1.82) is 0 Å². The maximum atomic E-state index is 11.7. The molecule has 6 heteroatoms. The molecule has 0 unspecified atom stereocenters. The van der Waals surface area contributed by atoms with E-state index in [1.54, 1.807) is 31.2 Å². The second-order valence-electron chi connectivity index (χ2n) is 3.70. The molecule has 3 N–H and O–H groups in total. The van der Waals surface area contributed by atoms with E-state index in [1.807, 2.05) is 0 Å². The fraction of sp³-hybridized carbons (Fsp3) is 0.364. The largest absolute Gasteiger partial charge is 0.411 e. The average molecular weight is 256 g/mol. The quantitative estimate of drug-likeness (QED) is 0.367. The van der Waals surface area contributed by atoms with Crippen LogP contribution in [0.25, 0.3) is 0 Å². The van der Waals surface area contributed by atoms with Crippen LogP contribution in [-0.2, 0) is 9.84 Å². The Kier molecular flexibility index (Phi) is 4.11. The Morgan fingerprint density at radius 3 is 2.65 bits per heavy atom. The minimum absolute atomic E-state index is 0.00446. The lowest BCUT2D eigenvalue weighted by atomic mass is 10.1. The van der Waals surface area contributed by atoms with Crippen molar-refractivity contribution in [2.45, 2.75) is 19.1 Å². The number of hydrogen-bond acceptors (Lipinski definition) is 5. The predicted molar refractivity (Wildman–Crippen MR) is 68.1 cm³/mol. The van der Waals surface area contributed by atoms with Crippen molar-refractivity contribution >= 4 is 21.2 Å². The highest BCUT2D eigenvalue weighted by Gasteiger charge is 2.26. The van der Waals surface area contributed by atoms with Crippen LogP contribution in [0.3, 0.4) is 0 Å². The zero-order chi connectivity index (χ0) is 13.1. The number of benzene rings is 1. The van der Waals surface area contributed by atoms with Crippen LogP contribution in [0.4, 0.5) is 5.69 Å². The number of oxime groups is 1. The summed E-state index contributed by atoms with van der Waals surface area (Å²) in [6, 6.07) is 6.60. The first-order chi connectivity index (χ1) is 7.92. The van der Waals surface area contributed by atoms with E-state index in [0.717, 1.165) is 0 Å². The molecule has 0 aliphatic carbocycles. The van der Waals surface area contributed by atoms with Crippen molar-refractivity contribution in [1.82, 2.24) is 0 Å². The molecule has 1 rings (SSSR count). The molecule has 0 saturated carbocycles. The van der Waals surface area contributed by atoms with Gasteiger partial charge in [-0.2, -0.15) is 0 Å². The maximum absolute atomic E-state index is 11.7. The van der Waals surface area contributed by atoms with Gasteiger partial charge in [0, 0.05) is 17.0 Å². The predicted octanol–water partition coefficient (Wildman–Crippen LogP) is 1.27. The molecule has 1 aromatic carbocycles. The molecule has 0 radical (unpaired) electrons. The Hall–Kier alpha value is -1.56. The molecule has 0 aliphatic rings. The molecule has 0 amide bonds. The summed E-state index contributed by atoms with van der Waals surface area (Å²) in [5.74, 6) is -0.00446. The Morgan fingerprint density at radius 1 is 1.53 bits per heavy atom. The lowest BCUT2D eigenvalue weighted by Gasteiger charge is -2.13. The lowest BCUT2D eigenvalue weighted by Crippen LogP contribution is -2.29. The topological polar surface area (TPSA) is 92.8 Å². The number of hydrogen-bond donors (Lipinski definition) is 2. The third-order valence-electron chi connectivity index (χ3n) is 2.62. The lowest BCUT2D eigenvalue weighted by molar-refractivity contribution is 0.318. The van der Waals surface area contributed by atoms with E-state index >= 15 is 0 Å². The minimum Gasteiger partial charge on any atom is -0.411 e. The second-order valence-corrected chi connectivity index (χ2v) is 6.31. The molecule has 1 aromatic rings. The van der Waals surface area contributed by atoms with E-state index in [1.165, 1.54) is 6.92 Å². The fourth-order valence-corrected chi connectivity index (χ4v) is 2.52. The Labute approximate surface area is 101 Å².